The lowest BCUT2D eigenvalue weighted by Crippen LogP contribution is -2.29. The van der Waals surface area contributed by atoms with Crippen LogP contribution in [0, 0.1) is 3.57 Å². The quantitative estimate of drug-likeness (QED) is 0.817. The molecule has 0 radical (unpaired) electrons. The molecule has 1 aromatic rings. The van der Waals surface area contributed by atoms with Crippen LogP contribution in [0.3, 0.4) is 0 Å². The summed E-state index contributed by atoms with van der Waals surface area (Å²) in [5.74, 6) is 0. The Morgan fingerprint density at radius 2 is 2.43 bits per heavy atom. The number of nitrogens with one attached hydrogen (secondary N) is 1. The summed E-state index contributed by atoms with van der Waals surface area (Å²) in [6, 6.07) is 0.620. The lowest BCUT2D eigenvalue weighted by molar-refractivity contribution is 0.472. The fraction of sp³-hybridized carbons (Fsp3) is 0.700. The highest BCUT2D eigenvalue weighted by atomic mass is 127. The van der Waals surface area contributed by atoms with Crippen molar-refractivity contribution >= 4 is 22.6 Å². The molecule has 0 aliphatic heterocycles. The molecule has 1 unspecified atom stereocenters. The van der Waals surface area contributed by atoms with Gasteiger partial charge in [0.25, 0.3) is 0 Å². The van der Waals surface area contributed by atoms with Crippen LogP contribution in [0.15, 0.2) is 12.4 Å². The molecular weight excluding hydrogens is 289 g/mol. The fourth-order valence-electron chi connectivity index (χ4n) is 1.42. The summed E-state index contributed by atoms with van der Waals surface area (Å²) in [5, 5.41) is 7.71. The van der Waals surface area contributed by atoms with Crippen molar-refractivity contribution in [3.8, 4) is 0 Å². The molecule has 0 aromatic carbocycles. The maximum Gasteiger partial charge on any atom is 0.0623 e. The van der Waals surface area contributed by atoms with Crippen LogP contribution in [-0.4, -0.2) is 22.4 Å². The molecular formula is C10H18IN3. The van der Waals surface area contributed by atoms with Crippen LogP contribution in [0.2, 0.25) is 0 Å². The van der Waals surface area contributed by atoms with E-state index in [0.717, 1.165) is 13.1 Å². The molecule has 0 fully saturated rings. The van der Waals surface area contributed by atoms with Gasteiger partial charge in [0.1, 0.15) is 0 Å². The maximum absolute atomic E-state index is 4.23. The summed E-state index contributed by atoms with van der Waals surface area (Å²) in [6.07, 6.45) is 6.44. The van der Waals surface area contributed by atoms with E-state index in [9.17, 15) is 0 Å². The highest BCUT2D eigenvalue weighted by Gasteiger charge is 1.99. The Hall–Kier alpha value is -0.100. The van der Waals surface area contributed by atoms with E-state index in [1.165, 1.54) is 16.4 Å². The Balaban J connectivity index is 2.15. The predicted molar refractivity (Wildman–Crippen MR) is 67.3 cm³/mol. The van der Waals surface area contributed by atoms with Gasteiger partial charge in [-0.15, -0.1) is 0 Å². The SMILES string of the molecule is CCCC(C)NCCn1cc(I)cn1. The van der Waals surface area contributed by atoms with Gasteiger partial charge < -0.3 is 5.32 Å². The van der Waals surface area contributed by atoms with Gasteiger partial charge in [-0.25, -0.2) is 0 Å². The van der Waals surface area contributed by atoms with E-state index in [1.807, 2.05) is 10.9 Å². The summed E-state index contributed by atoms with van der Waals surface area (Å²) in [6.45, 7) is 6.40. The number of hydrogen-bond acceptors (Lipinski definition) is 2. The molecule has 14 heavy (non-hydrogen) atoms. The van der Waals surface area contributed by atoms with Crippen LogP contribution in [0.5, 0.6) is 0 Å². The van der Waals surface area contributed by atoms with Gasteiger partial charge in [0.15, 0.2) is 0 Å². The maximum atomic E-state index is 4.23. The van der Waals surface area contributed by atoms with Gasteiger partial charge in [-0.2, -0.15) is 5.10 Å². The van der Waals surface area contributed by atoms with Crippen molar-refractivity contribution in [1.82, 2.24) is 15.1 Å². The number of rotatable bonds is 6. The summed E-state index contributed by atoms with van der Waals surface area (Å²) in [7, 11) is 0. The molecule has 1 N–H and O–H groups in total. The van der Waals surface area contributed by atoms with Gasteiger partial charge in [-0.1, -0.05) is 13.3 Å². The average Bonchev–Trinajstić information content (AvgIpc) is 2.52. The van der Waals surface area contributed by atoms with Crippen molar-refractivity contribution < 1.29 is 0 Å². The third-order valence-electron chi connectivity index (χ3n) is 2.16. The Bertz CT molecular complexity index is 260. The second kappa shape index (κ2) is 6.40. The van der Waals surface area contributed by atoms with E-state index < -0.39 is 0 Å². The first-order valence-corrected chi connectivity index (χ1v) is 6.21. The van der Waals surface area contributed by atoms with E-state index in [-0.39, 0.29) is 0 Å². The Morgan fingerprint density at radius 3 is 3.00 bits per heavy atom. The van der Waals surface area contributed by atoms with Crippen molar-refractivity contribution in [2.75, 3.05) is 6.54 Å². The van der Waals surface area contributed by atoms with Gasteiger partial charge in [-0.05, 0) is 35.9 Å². The molecule has 0 aliphatic carbocycles. The largest absolute Gasteiger partial charge is 0.312 e. The van der Waals surface area contributed by atoms with Gasteiger partial charge in [-0.3, -0.25) is 4.68 Å². The van der Waals surface area contributed by atoms with Gasteiger partial charge >= 0.3 is 0 Å². The van der Waals surface area contributed by atoms with Crippen LogP contribution in [0.1, 0.15) is 26.7 Å². The van der Waals surface area contributed by atoms with E-state index in [4.69, 9.17) is 0 Å². The molecule has 80 valence electrons. The summed E-state index contributed by atoms with van der Waals surface area (Å²) in [5.41, 5.74) is 0. The summed E-state index contributed by atoms with van der Waals surface area (Å²) < 4.78 is 3.18. The van der Waals surface area contributed by atoms with Crippen molar-refractivity contribution in [3.05, 3.63) is 16.0 Å². The molecule has 1 rings (SSSR count). The van der Waals surface area contributed by atoms with Crippen molar-refractivity contribution in [2.45, 2.75) is 39.3 Å². The van der Waals surface area contributed by atoms with E-state index in [1.54, 1.807) is 0 Å². The monoisotopic (exact) mass is 307 g/mol. The Kier molecular flexibility index (Phi) is 5.47. The number of halogens is 1. The number of aromatic nitrogens is 2. The zero-order valence-corrected chi connectivity index (χ0v) is 11.0. The lowest BCUT2D eigenvalue weighted by atomic mass is 10.2. The molecule has 0 spiro atoms. The normalized spacial score (nSPS) is 13.1. The van der Waals surface area contributed by atoms with Crippen LogP contribution in [0.4, 0.5) is 0 Å². The van der Waals surface area contributed by atoms with Crippen LogP contribution in [-0.2, 0) is 6.54 Å². The minimum atomic E-state index is 0.620. The minimum absolute atomic E-state index is 0.620. The molecule has 0 aliphatic rings. The van der Waals surface area contributed by atoms with Crippen molar-refractivity contribution in [2.24, 2.45) is 0 Å². The lowest BCUT2D eigenvalue weighted by Gasteiger charge is -2.12. The predicted octanol–water partition coefficient (Wildman–Crippen LogP) is 2.27. The van der Waals surface area contributed by atoms with E-state index in [0.29, 0.717) is 6.04 Å². The van der Waals surface area contributed by atoms with Gasteiger partial charge in [0, 0.05) is 18.8 Å². The Morgan fingerprint density at radius 1 is 1.64 bits per heavy atom. The zero-order chi connectivity index (χ0) is 10.4. The molecule has 0 saturated carbocycles. The third kappa shape index (κ3) is 4.41. The standard InChI is InChI=1S/C10H18IN3/c1-3-4-9(2)12-5-6-14-8-10(11)7-13-14/h7-9,12H,3-6H2,1-2H3. The minimum Gasteiger partial charge on any atom is -0.312 e. The first kappa shape index (κ1) is 12.0. The third-order valence-corrected chi connectivity index (χ3v) is 2.71. The topological polar surface area (TPSA) is 29.9 Å². The van der Waals surface area contributed by atoms with Crippen molar-refractivity contribution in [3.63, 3.8) is 0 Å². The van der Waals surface area contributed by atoms with Crippen LogP contribution >= 0.6 is 22.6 Å². The molecule has 0 saturated heterocycles. The second-order valence-corrected chi connectivity index (χ2v) is 4.81. The second-order valence-electron chi connectivity index (χ2n) is 3.57. The van der Waals surface area contributed by atoms with Crippen LogP contribution < -0.4 is 5.32 Å². The molecule has 0 amide bonds. The molecule has 1 heterocycles. The average molecular weight is 307 g/mol. The van der Waals surface area contributed by atoms with Crippen molar-refractivity contribution in [1.29, 1.82) is 0 Å². The molecule has 1 aromatic heterocycles. The van der Waals surface area contributed by atoms with E-state index in [2.05, 4.69) is 53.1 Å². The number of hydrogen-bond donors (Lipinski definition) is 1. The molecule has 4 heteroatoms. The zero-order valence-electron chi connectivity index (χ0n) is 8.83. The smallest absolute Gasteiger partial charge is 0.0623 e. The fourth-order valence-corrected chi connectivity index (χ4v) is 1.87. The highest BCUT2D eigenvalue weighted by molar-refractivity contribution is 14.1. The first-order valence-electron chi connectivity index (χ1n) is 5.13. The first-order chi connectivity index (χ1) is 6.72. The molecule has 0 bridgehead atoms. The summed E-state index contributed by atoms with van der Waals surface area (Å²) in [4.78, 5) is 0. The highest BCUT2D eigenvalue weighted by Crippen LogP contribution is 2.00. The van der Waals surface area contributed by atoms with Crippen LogP contribution in [0.25, 0.3) is 0 Å². The van der Waals surface area contributed by atoms with E-state index >= 15 is 0 Å². The molecule has 3 nitrogen and oxygen atoms in total. The Labute approximate surface area is 99.4 Å². The summed E-state index contributed by atoms with van der Waals surface area (Å²) >= 11 is 2.28. The number of nitrogens with zero attached hydrogens (tertiary/aromatic N) is 2. The van der Waals surface area contributed by atoms with Gasteiger partial charge in [0.05, 0.1) is 16.3 Å². The van der Waals surface area contributed by atoms with Gasteiger partial charge in [0.2, 0.25) is 0 Å². The molecule has 1 atom stereocenters.